The van der Waals surface area contributed by atoms with Gasteiger partial charge in [0.05, 0.1) is 5.02 Å². The fourth-order valence-corrected chi connectivity index (χ4v) is 2.76. The van der Waals surface area contributed by atoms with Crippen LogP contribution in [-0.4, -0.2) is 0 Å². The molecule has 1 N–H and O–H groups in total. The maximum absolute atomic E-state index is 6.13. The van der Waals surface area contributed by atoms with Crippen molar-refractivity contribution >= 4 is 33.2 Å². The predicted molar refractivity (Wildman–Crippen MR) is 104 cm³/mol. The van der Waals surface area contributed by atoms with Crippen LogP contribution >= 0.6 is 27.5 Å². The number of rotatable bonds is 6. The molecule has 0 bridgehead atoms. The molecule has 0 aromatic heterocycles. The second-order valence-electron chi connectivity index (χ2n) is 5.36. The van der Waals surface area contributed by atoms with E-state index in [1.54, 1.807) is 0 Å². The van der Waals surface area contributed by atoms with Crippen LogP contribution in [0.25, 0.3) is 0 Å². The number of nitrogens with one attached hydrogen (secondary N) is 1. The van der Waals surface area contributed by atoms with E-state index in [1.165, 1.54) is 0 Å². The van der Waals surface area contributed by atoms with Gasteiger partial charge in [0.25, 0.3) is 0 Å². The summed E-state index contributed by atoms with van der Waals surface area (Å²) in [5.74, 6) is 0.886. The Morgan fingerprint density at radius 3 is 2.46 bits per heavy atom. The molecular weight excluding hydrogens is 386 g/mol. The maximum Gasteiger partial charge on any atom is 0.124 e. The molecule has 0 saturated heterocycles. The van der Waals surface area contributed by atoms with Crippen LogP contribution in [0.15, 0.2) is 77.3 Å². The third kappa shape index (κ3) is 4.53. The SMILES string of the molecule is Clc1cc(NCc2ccccc2OCc2ccccc2)ccc1Br. The molecule has 0 atom stereocenters. The maximum atomic E-state index is 6.13. The van der Waals surface area contributed by atoms with Gasteiger partial charge in [-0.3, -0.25) is 0 Å². The molecule has 4 heteroatoms. The molecule has 0 aliphatic carbocycles. The molecule has 0 heterocycles. The molecule has 0 spiro atoms. The van der Waals surface area contributed by atoms with Crippen LogP contribution in [0, 0.1) is 0 Å². The molecule has 0 saturated carbocycles. The van der Waals surface area contributed by atoms with E-state index in [2.05, 4.69) is 39.4 Å². The van der Waals surface area contributed by atoms with Gasteiger partial charge in [-0.15, -0.1) is 0 Å². The summed E-state index contributed by atoms with van der Waals surface area (Å²) in [6.07, 6.45) is 0. The number of halogens is 2. The molecule has 3 aromatic rings. The number of para-hydroxylation sites is 1. The summed E-state index contributed by atoms with van der Waals surface area (Å²) < 4.78 is 6.87. The average molecular weight is 403 g/mol. The Hall–Kier alpha value is -1.97. The lowest BCUT2D eigenvalue weighted by Gasteiger charge is -2.13. The van der Waals surface area contributed by atoms with E-state index in [9.17, 15) is 0 Å². The quantitative estimate of drug-likeness (QED) is 0.523. The van der Waals surface area contributed by atoms with Crippen LogP contribution in [0.5, 0.6) is 5.75 Å². The van der Waals surface area contributed by atoms with Gasteiger partial charge in [0, 0.05) is 22.3 Å². The summed E-state index contributed by atoms with van der Waals surface area (Å²) in [4.78, 5) is 0. The van der Waals surface area contributed by atoms with Crippen molar-refractivity contribution in [1.29, 1.82) is 0 Å². The fraction of sp³-hybridized carbons (Fsp3) is 0.100. The van der Waals surface area contributed by atoms with Gasteiger partial charge in [0.1, 0.15) is 12.4 Å². The summed E-state index contributed by atoms with van der Waals surface area (Å²) >= 11 is 9.53. The highest BCUT2D eigenvalue weighted by molar-refractivity contribution is 9.10. The molecule has 24 heavy (non-hydrogen) atoms. The monoisotopic (exact) mass is 401 g/mol. The highest BCUT2D eigenvalue weighted by Crippen LogP contribution is 2.26. The normalized spacial score (nSPS) is 10.4. The Balaban J connectivity index is 1.66. The number of hydrogen-bond donors (Lipinski definition) is 1. The largest absolute Gasteiger partial charge is 0.489 e. The predicted octanol–water partition coefficient (Wildman–Crippen LogP) is 6.29. The molecule has 0 amide bonds. The first-order valence-corrected chi connectivity index (χ1v) is 8.83. The molecule has 2 nitrogen and oxygen atoms in total. The van der Waals surface area contributed by atoms with Crippen LogP contribution in [0.1, 0.15) is 11.1 Å². The zero-order valence-electron chi connectivity index (χ0n) is 13.0. The minimum Gasteiger partial charge on any atom is -0.489 e. The summed E-state index contributed by atoms with van der Waals surface area (Å²) in [5.41, 5.74) is 3.23. The van der Waals surface area contributed by atoms with Crippen LogP contribution in [0.2, 0.25) is 5.02 Å². The highest BCUT2D eigenvalue weighted by Gasteiger charge is 2.05. The zero-order chi connectivity index (χ0) is 16.8. The smallest absolute Gasteiger partial charge is 0.124 e. The van der Waals surface area contributed by atoms with E-state index >= 15 is 0 Å². The Morgan fingerprint density at radius 1 is 0.917 bits per heavy atom. The van der Waals surface area contributed by atoms with Gasteiger partial charge in [-0.2, -0.15) is 0 Å². The zero-order valence-corrected chi connectivity index (χ0v) is 15.3. The molecule has 0 aliphatic rings. The first-order valence-electron chi connectivity index (χ1n) is 7.66. The van der Waals surface area contributed by atoms with E-state index in [-0.39, 0.29) is 0 Å². The van der Waals surface area contributed by atoms with Crippen molar-refractivity contribution in [2.75, 3.05) is 5.32 Å². The first kappa shape index (κ1) is 16.9. The summed E-state index contributed by atoms with van der Waals surface area (Å²) in [5, 5.41) is 4.07. The van der Waals surface area contributed by atoms with Crippen molar-refractivity contribution in [2.45, 2.75) is 13.2 Å². The first-order chi connectivity index (χ1) is 11.7. The molecule has 0 aliphatic heterocycles. The van der Waals surface area contributed by atoms with Crippen LogP contribution < -0.4 is 10.1 Å². The van der Waals surface area contributed by atoms with E-state index in [1.807, 2.05) is 54.6 Å². The van der Waals surface area contributed by atoms with Crippen LogP contribution in [0.4, 0.5) is 5.69 Å². The number of benzene rings is 3. The van der Waals surface area contributed by atoms with Gasteiger partial charge in [-0.25, -0.2) is 0 Å². The average Bonchev–Trinajstić information content (AvgIpc) is 2.62. The van der Waals surface area contributed by atoms with Crippen molar-refractivity contribution in [3.8, 4) is 5.75 Å². The lowest BCUT2D eigenvalue weighted by Crippen LogP contribution is -2.03. The second-order valence-corrected chi connectivity index (χ2v) is 6.63. The highest BCUT2D eigenvalue weighted by atomic mass is 79.9. The van der Waals surface area contributed by atoms with Crippen molar-refractivity contribution in [3.63, 3.8) is 0 Å². The van der Waals surface area contributed by atoms with Crippen molar-refractivity contribution < 1.29 is 4.74 Å². The number of anilines is 1. The summed E-state index contributed by atoms with van der Waals surface area (Å²) in [7, 11) is 0. The summed E-state index contributed by atoms with van der Waals surface area (Å²) in [6.45, 7) is 1.23. The van der Waals surface area contributed by atoms with Crippen LogP contribution in [-0.2, 0) is 13.2 Å². The number of ether oxygens (including phenoxy) is 1. The lowest BCUT2D eigenvalue weighted by molar-refractivity contribution is 0.303. The number of hydrogen-bond acceptors (Lipinski definition) is 2. The van der Waals surface area contributed by atoms with Crippen molar-refractivity contribution in [3.05, 3.63) is 93.4 Å². The molecule has 0 radical (unpaired) electrons. The van der Waals surface area contributed by atoms with Crippen molar-refractivity contribution in [1.82, 2.24) is 0 Å². The molecular formula is C20H17BrClNO. The van der Waals surface area contributed by atoms with E-state index < -0.39 is 0 Å². The van der Waals surface area contributed by atoms with Gasteiger partial charge in [0.2, 0.25) is 0 Å². The molecule has 122 valence electrons. The van der Waals surface area contributed by atoms with Gasteiger partial charge >= 0.3 is 0 Å². The van der Waals surface area contributed by atoms with Crippen LogP contribution in [0.3, 0.4) is 0 Å². The third-order valence-corrected chi connectivity index (χ3v) is 4.84. The van der Waals surface area contributed by atoms with Gasteiger partial charge < -0.3 is 10.1 Å². The Bertz CT molecular complexity index is 808. The molecule has 0 unspecified atom stereocenters. The second kappa shape index (κ2) is 8.22. The molecule has 3 aromatic carbocycles. The molecule has 3 rings (SSSR count). The minimum absolute atomic E-state index is 0.558. The minimum atomic E-state index is 0.558. The molecule has 0 fully saturated rings. The standard InChI is InChI=1S/C20H17BrClNO/c21-18-11-10-17(12-19(18)22)23-13-16-8-4-5-9-20(16)24-14-15-6-2-1-3-7-15/h1-12,23H,13-14H2. The fourth-order valence-electron chi connectivity index (χ4n) is 2.33. The van der Waals surface area contributed by atoms with Gasteiger partial charge in [0.15, 0.2) is 0 Å². The van der Waals surface area contributed by atoms with E-state index in [4.69, 9.17) is 16.3 Å². The van der Waals surface area contributed by atoms with Crippen molar-refractivity contribution in [2.24, 2.45) is 0 Å². The Labute approximate surface area is 155 Å². The van der Waals surface area contributed by atoms with Gasteiger partial charge in [-0.05, 0) is 45.8 Å². The Morgan fingerprint density at radius 2 is 1.67 bits per heavy atom. The third-order valence-electron chi connectivity index (χ3n) is 3.61. The Kier molecular flexibility index (Phi) is 5.78. The topological polar surface area (TPSA) is 21.3 Å². The van der Waals surface area contributed by atoms with E-state index in [0.29, 0.717) is 18.2 Å². The van der Waals surface area contributed by atoms with Gasteiger partial charge in [-0.1, -0.05) is 60.1 Å². The lowest BCUT2D eigenvalue weighted by atomic mass is 10.2. The summed E-state index contributed by atoms with van der Waals surface area (Å²) in [6, 6.07) is 24.0. The van der Waals surface area contributed by atoms with E-state index in [0.717, 1.165) is 27.0 Å².